The molecule has 0 unspecified atom stereocenters. The maximum Gasteiger partial charge on any atom is 0.262 e. The summed E-state index contributed by atoms with van der Waals surface area (Å²) in [4.78, 5) is 28.6. The van der Waals surface area contributed by atoms with E-state index in [1.807, 2.05) is 67.7 Å². The van der Waals surface area contributed by atoms with E-state index in [9.17, 15) is 9.59 Å². The van der Waals surface area contributed by atoms with E-state index in [0.717, 1.165) is 29.2 Å². The van der Waals surface area contributed by atoms with Gasteiger partial charge in [0.15, 0.2) is 0 Å². The van der Waals surface area contributed by atoms with Crippen molar-refractivity contribution in [1.29, 1.82) is 0 Å². The van der Waals surface area contributed by atoms with Crippen molar-refractivity contribution in [2.75, 3.05) is 25.5 Å². The predicted molar refractivity (Wildman–Crippen MR) is 130 cm³/mol. The zero-order valence-electron chi connectivity index (χ0n) is 17.9. The van der Waals surface area contributed by atoms with Crippen molar-refractivity contribution in [2.24, 2.45) is 0 Å². The molecule has 0 fully saturated rings. The fourth-order valence-corrected chi connectivity index (χ4v) is 4.37. The van der Waals surface area contributed by atoms with Crippen LogP contribution in [0, 0.1) is 0 Å². The molecule has 0 radical (unpaired) electrons. The number of likely N-dealkylation sites (N-methyl/N-ethyl adjacent to an activating group) is 1. The highest BCUT2D eigenvalue weighted by Crippen LogP contribution is 2.38. The molecule has 2 N–H and O–H groups in total. The summed E-state index contributed by atoms with van der Waals surface area (Å²) in [6.45, 7) is 2.18. The smallest absolute Gasteiger partial charge is 0.262 e. The lowest BCUT2D eigenvalue weighted by atomic mass is 10.1. The van der Waals surface area contributed by atoms with Crippen LogP contribution in [-0.4, -0.2) is 36.9 Å². The monoisotopic (exact) mass is 443 g/mol. The van der Waals surface area contributed by atoms with Gasteiger partial charge in [0.2, 0.25) is 0 Å². The van der Waals surface area contributed by atoms with E-state index in [-0.39, 0.29) is 11.8 Å². The molecule has 1 aliphatic heterocycles. The van der Waals surface area contributed by atoms with Crippen molar-refractivity contribution < 1.29 is 9.59 Å². The maximum atomic E-state index is 12.5. The highest BCUT2D eigenvalue weighted by molar-refractivity contribution is 8.04. The molecule has 0 aromatic heterocycles. The summed E-state index contributed by atoms with van der Waals surface area (Å²) in [5.74, 6) is -0.217. The summed E-state index contributed by atoms with van der Waals surface area (Å²) >= 11 is 1.45. The van der Waals surface area contributed by atoms with Crippen molar-refractivity contribution >= 4 is 35.3 Å². The molecule has 0 atom stereocenters. The molecule has 0 saturated heterocycles. The molecule has 2 amide bonds. The summed E-state index contributed by atoms with van der Waals surface area (Å²) in [6, 6.07) is 25.3. The third-order valence-electron chi connectivity index (χ3n) is 5.12. The first kappa shape index (κ1) is 21.9. The van der Waals surface area contributed by atoms with Crippen LogP contribution in [0.3, 0.4) is 0 Å². The molecule has 0 spiro atoms. The number of carbonyl (C=O) groups excluding carboxylic acids is 2. The quantitative estimate of drug-likeness (QED) is 0.523. The standard InChI is InChI=1S/C26H25N3O2S/c1-29(18-20-7-3-2-4-8-20)16-15-27-25(30)21-13-11-19(12-14-21)17-24-26(31)28-22-9-5-6-10-23(22)32-24/h2-14,17H,15-16,18H2,1H3,(H,27,30)(H,28,31)/b24-17-. The Bertz CT molecular complexity index is 1130. The summed E-state index contributed by atoms with van der Waals surface area (Å²) in [5.41, 5.74) is 3.56. The zero-order chi connectivity index (χ0) is 22.3. The summed E-state index contributed by atoms with van der Waals surface area (Å²) in [6.07, 6.45) is 1.84. The van der Waals surface area contributed by atoms with Gasteiger partial charge in [-0.05, 0) is 48.5 Å². The van der Waals surface area contributed by atoms with Gasteiger partial charge < -0.3 is 15.5 Å². The number of rotatable bonds is 7. The van der Waals surface area contributed by atoms with Crippen molar-refractivity contribution in [2.45, 2.75) is 11.4 Å². The van der Waals surface area contributed by atoms with Gasteiger partial charge in [0, 0.05) is 30.1 Å². The molecule has 5 nitrogen and oxygen atoms in total. The Morgan fingerprint density at radius 3 is 2.50 bits per heavy atom. The number of amides is 2. The van der Waals surface area contributed by atoms with Crippen molar-refractivity contribution in [3.05, 3.63) is 100 Å². The second-order valence-corrected chi connectivity index (χ2v) is 8.75. The Kier molecular flexibility index (Phi) is 7.04. The van der Waals surface area contributed by atoms with Gasteiger partial charge in [-0.3, -0.25) is 9.59 Å². The minimum Gasteiger partial charge on any atom is -0.351 e. The Morgan fingerprint density at radius 1 is 1.00 bits per heavy atom. The minimum absolute atomic E-state index is 0.101. The van der Waals surface area contributed by atoms with Crippen LogP contribution in [0.4, 0.5) is 5.69 Å². The van der Waals surface area contributed by atoms with E-state index in [0.29, 0.717) is 17.0 Å². The van der Waals surface area contributed by atoms with Crippen LogP contribution in [0.25, 0.3) is 6.08 Å². The number of fused-ring (bicyclic) bond motifs is 1. The van der Waals surface area contributed by atoms with Crippen LogP contribution < -0.4 is 10.6 Å². The zero-order valence-corrected chi connectivity index (χ0v) is 18.7. The third kappa shape index (κ3) is 5.66. The van der Waals surface area contributed by atoms with Gasteiger partial charge in [-0.2, -0.15) is 0 Å². The van der Waals surface area contributed by atoms with E-state index in [2.05, 4.69) is 27.7 Å². The number of carbonyl (C=O) groups is 2. The molecule has 0 bridgehead atoms. The van der Waals surface area contributed by atoms with E-state index in [1.165, 1.54) is 17.3 Å². The van der Waals surface area contributed by atoms with E-state index in [4.69, 9.17) is 0 Å². The fraction of sp³-hybridized carbons (Fsp3) is 0.154. The Hall–Kier alpha value is -3.35. The normalized spacial score (nSPS) is 14.2. The Balaban J connectivity index is 1.30. The highest BCUT2D eigenvalue weighted by Gasteiger charge is 2.20. The lowest BCUT2D eigenvalue weighted by Gasteiger charge is -2.18. The van der Waals surface area contributed by atoms with Gasteiger partial charge in [0.25, 0.3) is 11.8 Å². The summed E-state index contributed by atoms with van der Waals surface area (Å²) in [5, 5.41) is 5.88. The van der Waals surface area contributed by atoms with Crippen LogP contribution in [-0.2, 0) is 11.3 Å². The van der Waals surface area contributed by atoms with E-state index >= 15 is 0 Å². The van der Waals surface area contributed by atoms with Crippen molar-refractivity contribution in [3.8, 4) is 0 Å². The highest BCUT2D eigenvalue weighted by atomic mass is 32.2. The van der Waals surface area contributed by atoms with Gasteiger partial charge in [0.05, 0.1) is 10.6 Å². The SMILES string of the molecule is CN(CCNC(=O)c1ccc(/C=C2\Sc3ccccc3NC2=O)cc1)Cc1ccccc1. The second kappa shape index (κ2) is 10.3. The maximum absolute atomic E-state index is 12.5. The fourth-order valence-electron chi connectivity index (χ4n) is 3.42. The first-order valence-corrected chi connectivity index (χ1v) is 11.3. The van der Waals surface area contributed by atoms with Crippen LogP contribution in [0.1, 0.15) is 21.5 Å². The number of thioether (sulfide) groups is 1. The average molecular weight is 444 g/mol. The van der Waals surface area contributed by atoms with Crippen molar-refractivity contribution in [1.82, 2.24) is 10.2 Å². The second-order valence-electron chi connectivity index (χ2n) is 7.66. The minimum atomic E-state index is -0.116. The third-order valence-corrected chi connectivity index (χ3v) is 6.22. The molecule has 162 valence electrons. The first-order valence-electron chi connectivity index (χ1n) is 10.5. The molecule has 32 heavy (non-hydrogen) atoms. The molecule has 0 aliphatic carbocycles. The van der Waals surface area contributed by atoms with Gasteiger partial charge >= 0.3 is 0 Å². The average Bonchev–Trinajstić information content (AvgIpc) is 2.80. The van der Waals surface area contributed by atoms with Gasteiger partial charge in [0.1, 0.15) is 0 Å². The van der Waals surface area contributed by atoms with Crippen LogP contribution in [0.15, 0.2) is 88.7 Å². The number of hydrogen-bond acceptors (Lipinski definition) is 4. The van der Waals surface area contributed by atoms with Gasteiger partial charge in [-0.1, -0.05) is 66.4 Å². The number of nitrogens with one attached hydrogen (secondary N) is 2. The summed E-state index contributed by atoms with van der Waals surface area (Å²) in [7, 11) is 2.04. The van der Waals surface area contributed by atoms with E-state index in [1.54, 1.807) is 12.1 Å². The lowest BCUT2D eigenvalue weighted by molar-refractivity contribution is -0.112. The predicted octanol–water partition coefficient (Wildman–Crippen LogP) is 4.63. The molecule has 6 heteroatoms. The molecule has 4 rings (SSSR count). The van der Waals surface area contributed by atoms with Gasteiger partial charge in [-0.25, -0.2) is 0 Å². The molecule has 1 heterocycles. The summed E-state index contributed by atoms with van der Waals surface area (Å²) < 4.78 is 0. The first-order chi connectivity index (χ1) is 15.6. The topological polar surface area (TPSA) is 61.4 Å². The molecule has 3 aromatic rings. The number of benzene rings is 3. The number of anilines is 1. The van der Waals surface area contributed by atoms with E-state index < -0.39 is 0 Å². The van der Waals surface area contributed by atoms with Crippen LogP contribution in [0.2, 0.25) is 0 Å². The number of hydrogen-bond donors (Lipinski definition) is 2. The Labute approximate surface area is 192 Å². The van der Waals surface area contributed by atoms with Crippen LogP contribution >= 0.6 is 11.8 Å². The Morgan fingerprint density at radius 2 is 1.72 bits per heavy atom. The number of para-hydroxylation sites is 1. The molecule has 0 saturated carbocycles. The van der Waals surface area contributed by atoms with Crippen LogP contribution in [0.5, 0.6) is 0 Å². The largest absolute Gasteiger partial charge is 0.351 e. The molecular weight excluding hydrogens is 418 g/mol. The number of nitrogens with zero attached hydrogens (tertiary/aromatic N) is 1. The van der Waals surface area contributed by atoms with Gasteiger partial charge in [-0.15, -0.1) is 0 Å². The molecule has 1 aliphatic rings. The molecule has 3 aromatic carbocycles. The van der Waals surface area contributed by atoms with Crippen molar-refractivity contribution in [3.63, 3.8) is 0 Å². The molecular formula is C26H25N3O2S. The lowest BCUT2D eigenvalue weighted by Crippen LogP contribution is -2.32.